The number of morpholine rings is 1. The third kappa shape index (κ3) is 4.18. The highest BCUT2D eigenvalue weighted by Crippen LogP contribution is 2.16. The SMILES string of the molecule is O=C(CCn1c(=O)c(N2CCOCC2)nc2ccccc21)NCC1CCCO1. The van der Waals surface area contributed by atoms with Gasteiger partial charge in [0.1, 0.15) is 0 Å². The Morgan fingerprint density at radius 1 is 1.21 bits per heavy atom. The average molecular weight is 386 g/mol. The topological polar surface area (TPSA) is 85.7 Å². The normalized spacial score (nSPS) is 19.9. The molecule has 1 aromatic heterocycles. The molecule has 2 aliphatic heterocycles. The summed E-state index contributed by atoms with van der Waals surface area (Å²) < 4.78 is 12.6. The van der Waals surface area contributed by atoms with Gasteiger partial charge in [0.25, 0.3) is 5.56 Å². The number of para-hydroxylation sites is 2. The number of fused-ring (bicyclic) bond motifs is 1. The molecule has 2 aliphatic rings. The number of aryl methyl sites for hydroxylation is 1. The molecule has 2 aromatic rings. The van der Waals surface area contributed by atoms with Crippen molar-refractivity contribution in [2.75, 3.05) is 44.4 Å². The molecule has 2 saturated heterocycles. The summed E-state index contributed by atoms with van der Waals surface area (Å²) in [6.07, 6.45) is 2.38. The summed E-state index contributed by atoms with van der Waals surface area (Å²) in [4.78, 5) is 32.0. The van der Waals surface area contributed by atoms with Crippen LogP contribution in [0.4, 0.5) is 5.82 Å². The molecule has 3 heterocycles. The van der Waals surface area contributed by atoms with E-state index in [2.05, 4.69) is 10.3 Å². The molecule has 0 saturated carbocycles. The van der Waals surface area contributed by atoms with Crippen LogP contribution in [0.15, 0.2) is 29.1 Å². The van der Waals surface area contributed by atoms with Gasteiger partial charge in [-0.3, -0.25) is 9.59 Å². The Bertz CT molecular complexity index is 885. The van der Waals surface area contributed by atoms with E-state index in [9.17, 15) is 9.59 Å². The van der Waals surface area contributed by atoms with Gasteiger partial charge < -0.3 is 24.3 Å². The van der Waals surface area contributed by atoms with Crippen LogP contribution < -0.4 is 15.8 Å². The molecule has 150 valence electrons. The van der Waals surface area contributed by atoms with Gasteiger partial charge in [-0.05, 0) is 25.0 Å². The summed E-state index contributed by atoms with van der Waals surface area (Å²) in [6.45, 7) is 4.06. The predicted octanol–water partition coefficient (Wildman–Crippen LogP) is 0.918. The van der Waals surface area contributed by atoms with Gasteiger partial charge in [0.15, 0.2) is 5.82 Å². The second kappa shape index (κ2) is 8.70. The van der Waals surface area contributed by atoms with Crippen LogP contribution in [-0.4, -0.2) is 61.0 Å². The van der Waals surface area contributed by atoms with E-state index in [0.29, 0.717) is 45.2 Å². The Labute approximate surface area is 163 Å². The number of rotatable bonds is 6. The second-order valence-electron chi connectivity index (χ2n) is 7.17. The number of hydrogen-bond donors (Lipinski definition) is 1. The number of nitrogens with one attached hydrogen (secondary N) is 1. The molecule has 1 unspecified atom stereocenters. The van der Waals surface area contributed by atoms with E-state index >= 15 is 0 Å². The third-order valence-electron chi connectivity index (χ3n) is 5.26. The lowest BCUT2D eigenvalue weighted by molar-refractivity contribution is -0.121. The van der Waals surface area contributed by atoms with Crippen LogP contribution in [0.3, 0.4) is 0 Å². The van der Waals surface area contributed by atoms with Gasteiger partial charge in [0.05, 0.1) is 30.4 Å². The van der Waals surface area contributed by atoms with Gasteiger partial charge in [-0.1, -0.05) is 12.1 Å². The fourth-order valence-electron chi connectivity index (χ4n) is 3.72. The maximum absolute atomic E-state index is 13.1. The quantitative estimate of drug-likeness (QED) is 0.795. The van der Waals surface area contributed by atoms with Gasteiger partial charge in [-0.2, -0.15) is 0 Å². The first-order chi connectivity index (χ1) is 13.7. The smallest absolute Gasteiger partial charge is 0.294 e. The summed E-state index contributed by atoms with van der Waals surface area (Å²) in [7, 11) is 0. The van der Waals surface area contributed by atoms with Crippen LogP contribution in [0.2, 0.25) is 0 Å². The highest BCUT2D eigenvalue weighted by atomic mass is 16.5. The van der Waals surface area contributed by atoms with E-state index in [-0.39, 0.29) is 24.0 Å². The zero-order valence-corrected chi connectivity index (χ0v) is 15.9. The van der Waals surface area contributed by atoms with Crippen molar-refractivity contribution in [3.63, 3.8) is 0 Å². The number of nitrogens with zero attached hydrogens (tertiary/aromatic N) is 3. The van der Waals surface area contributed by atoms with Gasteiger partial charge in [-0.25, -0.2) is 4.98 Å². The van der Waals surface area contributed by atoms with Crippen LogP contribution >= 0.6 is 0 Å². The van der Waals surface area contributed by atoms with Gasteiger partial charge in [0.2, 0.25) is 5.91 Å². The van der Waals surface area contributed by atoms with Gasteiger partial charge in [0, 0.05) is 39.2 Å². The van der Waals surface area contributed by atoms with Gasteiger partial charge in [-0.15, -0.1) is 0 Å². The largest absolute Gasteiger partial charge is 0.378 e. The summed E-state index contributed by atoms with van der Waals surface area (Å²) in [5, 5.41) is 2.92. The van der Waals surface area contributed by atoms with E-state index in [1.54, 1.807) is 4.57 Å². The Balaban J connectivity index is 1.52. The van der Waals surface area contributed by atoms with Crippen molar-refractivity contribution in [3.8, 4) is 0 Å². The van der Waals surface area contributed by atoms with Gasteiger partial charge >= 0.3 is 0 Å². The molecule has 8 nitrogen and oxygen atoms in total. The van der Waals surface area contributed by atoms with E-state index in [1.807, 2.05) is 29.2 Å². The molecule has 28 heavy (non-hydrogen) atoms. The number of carbonyl (C=O) groups excluding carboxylic acids is 1. The highest BCUT2D eigenvalue weighted by molar-refractivity contribution is 5.78. The minimum atomic E-state index is -0.160. The lowest BCUT2D eigenvalue weighted by Crippen LogP contribution is -2.41. The van der Waals surface area contributed by atoms with E-state index in [1.165, 1.54) is 0 Å². The van der Waals surface area contributed by atoms with Crippen LogP contribution in [-0.2, 0) is 20.8 Å². The molecule has 2 fully saturated rings. The summed E-state index contributed by atoms with van der Waals surface area (Å²) in [5.41, 5.74) is 1.34. The fraction of sp³-hybridized carbons (Fsp3) is 0.550. The van der Waals surface area contributed by atoms with Crippen LogP contribution in [0, 0.1) is 0 Å². The van der Waals surface area contributed by atoms with Crippen LogP contribution in [0.25, 0.3) is 11.0 Å². The number of carbonyl (C=O) groups is 1. The molecular formula is C20H26N4O4. The van der Waals surface area contributed by atoms with Crippen molar-refractivity contribution in [1.29, 1.82) is 0 Å². The first kappa shape index (κ1) is 18.9. The number of aromatic nitrogens is 2. The number of benzene rings is 1. The number of ether oxygens (including phenoxy) is 2. The first-order valence-corrected chi connectivity index (χ1v) is 9.93. The maximum Gasteiger partial charge on any atom is 0.294 e. The van der Waals surface area contributed by atoms with Crippen LogP contribution in [0.1, 0.15) is 19.3 Å². The van der Waals surface area contributed by atoms with Crippen molar-refractivity contribution in [2.45, 2.75) is 31.9 Å². The van der Waals surface area contributed by atoms with Crippen molar-refractivity contribution in [3.05, 3.63) is 34.6 Å². The molecular weight excluding hydrogens is 360 g/mol. The standard InChI is InChI=1S/C20H26N4O4/c25-18(21-14-15-4-3-11-28-15)7-8-24-17-6-2-1-5-16(17)22-19(20(24)26)23-9-12-27-13-10-23/h1-2,5-6,15H,3-4,7-14H2,(H,21,25). The van der Waals surface area contributed by atoms with E-state index in [4.69, 9.17) is 9.47 Å². The molecule has 8 heteroatoms. The minimum absolute atomic E-state index is 0.0729. The zero-order chi connectivity index (χ0) is 19.3. The molecule has 1 N–H and O–H groups in total. The molecule has 1 aromatic carbocycles. The lowest BCUT2D eigenvalue weighted by Gasteiger charge is -2.28. The Morgan fingerprint density at radius 2 is 2.04 bits per heavy atom. The summed E-state index contributed by atoms with van der Waals surface area (Å²) in [6, 6.07) is 7.55. The maximum atomic E-state index is 13.1. The Morgan fingerprint density at radius 3 is 2.82 bits per heavy atom. The molecule has 0 aliphatic carbocycles. The predicted molar refractivity (Wildman–Crippen MR) is 106 cm³/mol. The van der Waals surface area contributed by atoms with E-state index < -0.39 is 0 Å². The monoisotopic (exact) mass is 386 g/mol. The highest BCUT2D eigenvalue weighted by Gasteiger charge is 2.20. The molecule has 1 atom stereocenters. The number of hydrogen-bond acceptors (Lipinski definition) is 6. The number of anilines is 1. The molecule has 0 spiro atoms. The minimum Gasteiger partial charge on any atom is -0.378 e. The first-order valence-electron chi connectivity index (χ1n) is 9.93. The van der Waals surface area contributed by atoms with E-state index in [0.717, 1.165) is 30.5 Å². The number of amides is 1. The summed E-state index contributed by atoms with van der Waals surface area (Å²) >= 11 is 0. The second-order valence-corrected chi connectivity index (χ2v) is 7.17. The van der Waals surface area contributed by atoms with Crippen molar-refractivity contribution < 1.29 is 14.3 Å². The Hall–Kier alpha value is -2.45. The van der Waals surface area contributed by atoms with Crippen LogP contribution in [0.5, 0.6) is 0 Å². The zero-order valence-electron chi connectivity index (χ0n) is 15.9. The summed E-state index contributed by atoms with van der Waals surface area (Å²) in [5.74, 6) is 0.359. The molecule has 1 amide bonds. The third-order valence-corrected chi connectivity index (χ3v) is 5.26. The average Bonchev–Trinajstić information content (AvgIpc) is 3.25. The van der Waals surface area contributed by atoms with Crippen molar-refractivity contribution in [1.82, 2.24) is 14.9 Å². The Kier molecular flexibility index (Phi) is 5.87. The van der Waals surface area contributed by atoms with Crippen molar-refractivity contribution >= 4 is 22.8 Å². The molecule has 0 bridgehead atoms. The fourth-order valence-corrected chi connectivity index (χ4v) is 3.72. The lowest BCUT2D eigenvalue weighted by atomic mass is 10.2. The molecule has 0 radical (unpaired) electrons. The molecule has 4 rings (SSSR count). The van der Waals surface area contributed by atoms with Crippen molar-refractivity contribution in [2.24, 2.45) is 0 Å².